The summed E-state index contributed by atoms with van der Waals surface area (Å²) >= 11 is 0. The number of anilines is 1. The van der Waals surface area contributed by atoms with E-state index < -0.39 is 12.1 Å². The Morgan fingerprint density at radius 2 is 1.72 bits per heavy atom. The number of likely N-dealkylation sites (tertiary alicyclic amines) is 1. The molecule has 136 valence electrons. The number of β-amino-alcohol motifs (C(OH)–C–C–N with tert-alkyl or cyclic N) is 1. The number of hydrogen-bond acceptors (Lipinski definition) is 4. The molecular weight excluding hydrogens is 318 g/mol. The van der Waals surface area contributed by atoms with Crippen LogP contribution in [0, 0.1) is 5.92 Å². The second kappa shape index (κ2) is 7.54. The van der Waals surface area contributed by atoms with Crippen LogP contribution in [0.5, 0.6) is 0 Å². The van der Waals surface area contributed by atoms with Gasteiger partial charge in [-0.15, -0.1) is 0 Å². The number of hydrogen-bond donors (Lipinski definition) is 1. The Balaban J connectivity index is 1.62. The maximum atomic E-state index is 12.7. The van der Waals surface area contributed by atoms with E-state index in [0.29, 0.717) is 12.2 Å². The topological polar surface area (TPSA) is 64.1 Å². The van der Waals surface area contributed by atoms with E-state index >= 15 is 0 Å². The first-order valence-electron chi connectivity index (χ1n) is 9.07. The predicted octanol–water partition coefficient (Wildman–Crippen LogP) is 1.94. The molecule has 0 saturated carbocycles. The predicted molar refractivity (Wildman–Crippen MR) is 96.3 cm³/mol. The maximum Gasteiger partial charge on any atom is 0.332 e. The number of piperidine rings is 1. The molecule has 2 aliphatic rings. The molecule has 1 N–H and O–H groups in total. The first kappa shape index (κ1) is 17.9. The highest BCUT2D eigenvalue weighted by molar-refractivity contribution is 6.14. The lowest BCUT2D eigenvalue weighted by Crippen LogP contribution is -2.45. The first-order chi connectivity index (χ1) is 12.0. The third-order valence-corrected chi connectivity index (χ3v) is 5.22. The fourth-order valence-corrected chi connectivity index (χ4v) is 3.63. The molecule has 0 unspecified atom stereocenters. The molecule has 0 radical (unpaired) electrons. The maximum absolute atomic E-state index is 12.7. The number of amides is 3. The number of carbonyl (C=O) groups excluding carboxylic acids is 2. The van der Waals surface area contributed by atoms with Gasteiger partial charge in [-0.2, -0.15) is 0 Å². The van der Waals surface area contributed by atoms with Crippen LogP contribution in [-0.4, -0.2) is 65.2 Å². The van der Waals surface area contributed by atoms with Gasteiger partial charge in [0, 0.05) is 12.2 Å². The van der Waals surface area contributed by atoms with Crippen molar-refractivity contribution in [2.75, 3.05) is 31.1 Å². The highest BCUT2D eigenvalue weighted by Gasteiger charge is 2.43. The molecule has 2 fully saturated rings. The number of urea groups is 1. The molecule has 2 heterocycles. The van der Waals surface area contributed by atoms with Crippen molar-refractivity contribution in [2.24, 2.45) is 5.92 Å². The fraction of sp³-hybridized carbons (Fsp3) is 0.579. The Bertz CT molecular complexity index is 614. The highest BCUT2D eigenvalue weighted by Crippen LogP contribution is 2.25. The second-order valence-corrected chi connectivity index (χ2v) is 7.25. The molecule has 1 aromatic rings. The van der Waals surface area contributed by atoms with Crippen LogP contribution in [0.25, 0.3) is 0 Å². The number of carbonyl (C=O) groups is 2. The van der Waals surface area contributed by atoms with Gasteiger partial charge in [-0.1, -0.05) is 25.1 Å². The molecule has 2 aliphatic heterocycles. The molecule has 3 amide bonds. The van der Waals surface area contributed by atoms with Crippen LogP contribution in [0.3, 0.4) is 0 Å². The molecule has 6 heteroatoms. The quantitative estimate of drug-likeness (QED) is 0.829. The lowest BCUT2D eigenvalue weighted by atomic mass is 9.99. The van der Waals surface area contributed by atoms with Crippen LogP contribution in [-0.2, 0) is 4.79 Å². The molecule has 2 atom stereocenters. The zero-order chi connectivity index (χ0) is 18.0. The Kier molecular flexibility index (Phi) is 5.39. The van der Waals surface area contributed by atoms with Crippen molar-refractivity contribution >= 4 is 17.6 Å². The van der Waals surface area contributed by atoms with Gasteiger partial charge in [0.2, 0.25) is 0 Å². The van der Waals surface area contributed by atoms with Crippen LogP contribution in [0.4, 0.5) is 10.5 Å². The number of para-hydroxylation sites is 1. The molecule has 3 rings (SSSR count). The van der Waals surface area contributed by atoms with E-state index in [9.17, 15) is 14.7 Å². The first-order valence-corrected chi connectivity index (χ1v) is 9.07. The summed E-state index contributed by atoms with van der Waals surface area (Å²) in [5.74, 6) is 0.482. The third kappa shape index (κ3) is 3.85. The van der Waals surface area contributed by atoms with E-state index in [4.69, 9.17) is 0 Å². The summed E-state index contributed by atoms with van der Waals surface area (Å²) in [5.41, 5.74) is 0.704. The van der Waals surface area contributed by atoms with Gasteiger partial charge in [0.1, 0.15) is 6.04 Å². The van der Waals surface area contributed by atoms with Gasteiger partial charge in [-0.3, -0.25) is 14.6 Å². The molecule has 2 saturated heterocycles. The van der Waals surface area contributed by atoms with E-state index in [1.807, 2.05) is 30.3 Å². The normalized spacial score (nSPS) is 24.2. The number of benzene rings is 1. The summed E-state index contributed by atoms with van der Waals surface area (Å²) in [7, 11) is 0. The average molecular weight is 345 g/mol. The SMILES string of the molecule is CC1CCN(C[C@@H](O)CN2C(=O)[C@H](C)N(c3ccccc3)C2=O)CC1. The average Bonchev–Trinajstić information content (AvgIpc) is 2.81. The van der Waals surface area contributed by atoms with E-state index in [-0.39, 0.29) is 18.5 Å². The van der Waals surface area contributed by atoms with Gasteiger partial charge >= 0.3 is 6.03 Å². The van der Waals surface area contributed by atoms with Crippen LogP contribution in [0.1, 0.15) is 26.7 Å². The van der Waals surface area contributed by atoms with E-state index in [1.54, 1.807) is 6.92 Å². The monoisotopic (exact) mass is 345 g/mol. The van der Waals surface area contributed by atoms with Crippen LogP contribution < -0.4 is 4.90 Å². The van der Waals surface area contributed by atoms with Gasteiger partial charge in [0.15, 0.2) is 0 Å². The third-order valence-electron chi connectivity index (χ3n) is 5.22. The summed E-state index contributed by atoms with van der Waals surface area (Å²) in [5, 5.41) is 10.4. The molecule has 0 bridgehead atoms. The van der Waals surface area contributed by atoms with Gasteiger partial charge in [-0.05, 0) is 50.9 Å². The summed E-state index contributed by atoms with van der Waals surface area (Å²) in [6, 6.07) is 8.29. The molecule has 0 spiro atoms. The smallest absolute Gasteiger partial charge is 0.332 e. The lowest BCUT2D eigenvalue weighted by molar-refractivity contribution is -0.128. The van der Waals surface area contributed by atoms with E-state index in [2.05, 4.69) is 11.8 Å². The molecule has 0 aromatic heterocycles. The molecule has 6 nitrogen and oxygen atoms in total. The van der Waals surface area contributed by atoms with Crippen molar-refractivity contribution in [1.29, 1.82) is 0 Å². The number of rotatable bonds is 5. The van der Waals surface area contributed by atoms with Crippen molar-refractivity contribution in [3.63, 3.8) is 0 Å². The minimum Gasteiger partial charge on any atom is -0.390 e. The van der Waals surface area contributed by atoms with Crippen LogP contribution in [0.2, 0.25) is 0 Å². The Morgan fingerprint density at radius 3 is 2.36 bits per heavy atom. The Hall–Kier alpha value is -1.92. The number of nitrogens with zero attached hydrogens (tertiary/aromatic N) is 3. The zero-order valence-corrected chi connectivity index (χ0v) is 15.0. The van der Waals surface area contributed by atoms with E-state index in [0.717, 1.165) is 31.8 Å². The molecular formula is C19H27N3O3. The van der Waals surface area contributed by atoms with Gasteiger partial charge in [0.05, 0.1) is 12.6 Å². The molecule has 1 aromatic carbocycles. The van der Waals surface area contributed by atoms with Crippen molar-refractivity contribution in [1.82, 2.24) is 9.80 Å². The molecule has 25 heavy (non-hydrogen) atoms. The summed E-state index contributed by atoms with van der Waals surface area (Å²) < 4.78 is 0. The minimum absolute atomic E-state index is 0.0530. The summed E-state index contributed by atoms with van der Waals surface area (Å²) in [4.78, 5) is 30.1. The minimum atomic E-state index is -0.718. The van der Waals surface area contributed by atoms with Gasteiger partial charge in [-0.25, -0.2) is 4.79 Å². The number of imide groups is 1. The number of aliphatic hydroxyl groups is 1. The van der Waals surface area contributed by atoms with Gasteiger partial charge in [0.25, 0.3) is 5.91 Å². The highest BCUT2D eigenvalue weighted by atomic mass is 16.3. The van der Waals surface area contributed by atoms with E-state index in [1.165, 1.54) is 9.80 Å². The second-order valence-electron chi connectivity index (χ2n) is 7.25. The van der Waals surface area contributed by atoms with Gasteiger partial charge < -0.3 is 10.0 Å². The standard InChI is InChI=1S/C19H27N3O3/c1-14-8-10-20(11-9-14)12-17(23)13-21-18(24)15(2)22(19(21)25)16-6-4-3-5-7-16/h3-7,14-15,17,23H,8-13H2,1-2H3/t15-,17+/m0/s1. The molecule has 0 aliphatic carbocycles. The van der Waals surface area contributed by atoms with Crippen molar-refractivity contribution in [2.45, 2.75) is 38.8 Å². The van der Waals surface area contributed by atoms with Crippen LogP contribution in [0.15, 0.2) is 30.3 Å². The van der Waals surface area contributed by atoms with Crippen molar-refractivity contribution in [3.8, 4) is 0 Å². The van der Waals surface area contributed by atoms with Crippen molar-refractivity contribution < 1.29 is 14.7 Å². The number of aliphatic hydroxyl groups excluding tert-OH is 1. The Labute approximate surface area is 149 Å². The summed E-state index contributed by atoms with van der Waals surface area (Å²) in [6.07, 6.45) is 1.55. The van der Waals surface area contributed by atoms with Crippen LogP contribution >= 0.6 is 0 Å². The lowest BCUT2D eigenvalue weighted by Gasteiger charge is -2.32. The largest absolute Gasteiger partial charge is 0.390 e. The zero-order valence-electron chi connectivity index (χ0n) is 15.0. The fourth-order valence-electron chi connectivity index (χ4n) is 3.63. The Morgan fingerprint density at radius 1 is 1.08 bits per heavy atom. The van der Waals surface area contributed by atoms with Crippen molar-refractivity contribution in [3.05, 3.63) is 30.3 Å². The summed E-state index contributed by atoms with van der Waals surface area (Å²) in [6.45, 7) is 6.46.